The second-order valence-electron chi connectivity index (χ2n) is 9.29. The van der Waals surface area contributed by atoms with Gasteiger partial charge in [-0.2, -0.15) is 9.40 Å². The lowest BCUT2D eigenvalue weighted by Gasteiger charge is -2.32. The van der Waals surface area contributed by atoms with E-state index in [4.69, 9.17) is 5.10 Å². The first kappa shape index (κ1) is 24.0. The van der Waals surface area contributed by atoms with Crippen LogP contribution < -0.4 is 5.32 Å². The summed E-state index contributed by atoms with van der Waals surface area (Å²) in [5.74, 6) is -0.150. The normalized spacial score (nSPS) is 16.2. The lowest BCUT2D eigenvalue weighted by atomic mass is 9.95. The Morgan fingerprint density at radius 3 is 2.57 bits per heavy atom. The molecule has 190 valence electrons. The average molecular weight is 535 g/mol. The summed E-state index contributed by atoms with van der Waals surface area (Å²) in [6.07, 6.45) is 6.44. The molecule has 4 heterocycles. The summed E-state index contributed by atoms with van der Waals surface area (Å²) in [6.45, 7) is 2.32. The smallest absolute Gasteiger partial charge is 0.243 e. The van der Waals surface area contributed by atoms with Crippen molar-refractivity contribution in [2.75, 3.05) is 18.4 Å². The highest BCUT2D eigenvalue weighted by atomic mass is 32.2. The predicted molar refractivity (Wildman–Crippen MR) is 142 cm³/mol. The number of aromatic nitrogens is 4. The minimum atomic E-state index is -3.53. The van der Waals surface area contributed by atoms with Gasteiger partial charge in [-0.3, -0.25) is 14.5 Å². The molecule has 1 saturated heterocycles. The van der Waals surface area contributed by atoms with Gasteiger partial charge in [-0.05, 0) is 49.9 Å². The second-order valence-corrected chi connectivity index (χ2v) is 12.2. The number of hydrogen-bond donors (Lipinski definition) is 1. The molecule has 0 spiro atoms. The zero-order chi connectivity index (χ0) is 25.6. The van der Waals surface area contributed by atoms with Crippen LogP contribution in [0.25, 0.3) is 21.8 Å². The van der Waals surface area contributed by atoms with Gasteiger partial charge in [0.25, 0.3) is 0 Å². The van der Waals surface area contributed by atoms with E-state index in [9.17, 15) is 13.2 Å². The van der Waals surface area contributed by atoms with Crippen molar-refractivity contribution in [2.45, 2.75) is 43.5 Å². The summed E-state index contributed by atoms with van der Waals surface area (Å²) in [5.41, 5.74) is 5.00. The van der Waals surface area contributed by atoms with Crippen LogP contribution in [0.5, 0.6) is 0 Å². The highest BCUT2D eigenvalue weighted by molar-refractivity contribution is 7.89. The van der Waals surface area contributed by atoms with Crippen molar-refractivity contribution < 1.29 is 13.2 Å². The van der Waals surface area contributed by atoms with Gasteiger partial charge in [0.05, 0.1) is 32.9 Å². The Labute approximate surface area is 219 Å². The molecule has 2 aliphatic rings. The maximum atomic E-state index is 13.2. The monoisotopic (exact) mass is 534 g/mol. The van der Waals surface area contributed by atoms with Crippen LogP contribution >= 0.6 is 11.3 Å². The number of benzene rings is 1. The van der Waals surface area contributed by atoms with E-state index in [0.29, 0.717) is 36.0 Å². The third-order valence-electron chi connectivity index (χ3n) is 6.90. The van der Waals surface area contributed by atoms with Crippen LogP contribution in [0, 0.1) is 0 Å². The highest BCUT2D eigenvalue weighted by Gasteiger charge is 2.35. The predicted octanol–water partition coefficient (Wildman–Crippen LogP) is 4.15. The van der Waals surface area contributed by atoms with E-state index < -0.39 is 10.0 Å². The third kappa shape index (κ3) is 4.36. The van der Waals surface area contributed by atoms with Crippen LogP contribution in [0.1, 0.15) is 37.1 Å². The van der Waals surface area contributed by atoms with Gasteiger partial charge >= 0.3 is 0 Å². The van der Waals surface area contributed by atoms with Crippen molar-refractivity contribution >= 4 is 32.4 Å². The lowest BCUT2D eigenvalue weighted by Crippen LogP contribution is -2.39. The first-order chi connectivity index (χ1) is 17.9. The molecule has 1 N–H and O–H groups in total. The van der Waals surface area contributed by atoms with E-state index in [0.717, 1.165) is 45.9 Å². The van der Waals surface area contributed by atoms with Crippen molar-refractivity contribution in [3.8, 4) is 21.8 Å². The molecule has 6 rings (SSSR count). The number of rotatable bonds is 5. The fourth-order valence-electron chi connectivity index (χ4n) is 5.17. The van der Waals surface area contributed by atoms with Crippen LogP contribution in [0.2, 0.25) is 0 Å². The molecule has 9 nitrogen and oxygen atoms in total. The van der Waals surface area contributed by atoms with Crippen molar-refractivity contribution in [3.63, 3.8) is 0 Å². The van der Waals surface area contributed by atoms with Crippen LogP contribution in [0.3, 0.4) is 0 Å². The molecule has 0 saturated carbocycles. The number of piperidine rings is 1. The van der Waals surface area contributed by atoms with Gasteiger partial charge in [0.1, 0.15) is 0 Å². The number of aryl methyl sites for hydroxylation is 1. The fourth-order valence-corrected chi connectivity index (χ4v) is 7.78. The molecule has 37 heavy (non-hydrogen) atoms. The van der Waals surface area contributed by atoms with Gasteiger partial charge in [-0.15, -0.1) is 0 Å². The zero-order valence-electron chi connectivity index (χ0n) is 20.3. The molecule has 3 aromatic heterocycles. The van der Waals surface area contributed by atoms with Crippen LogP contribution in [0.4, 0.5) is 5.13 Å². The molecule has 1 aromatic carbocycles. The van der Waals surface area contributed by atoms with Crippen molar-refractivity contribution in [2.24, 2.45) is 0 Å². The summed E-state index contributed by atoms with van der Waals surface area (Å²) < 4.78 is 30.0. The number of amides is 1. The van der Waals surface area contributed by atoms with Gasteiger partial charge in [-0.25, -0.2) is 13.4 Å². The van der Waals surface area contributed by atoms with E-state index in [1.54, 1.807) is 34.8 Å². The third-order valence-corrected chi connectivity index (χ3v) is 9.83. The number of carbonyl (C=O) groups is 1. The van der Waals surface area contributed by atoms with E-state index in [-0.39, 0.29) is 11.9 Å². The number of pyridine rings is 1. The highest BCUT2D eigenvalue weighted by Crippen LogP contribution is 2.45. The summed E-state index contributed by atoms with van der Waals surface area (Å²) in [7, 11) is -3.53. The molecule has 0 atom stereocenters. The van der Waals surface area contributed by atoms with Gasteiger partial charge < -0.3 is 5.32 Å². The number of nitrogens with one attached hydrogen (secondary N) is 1. The van der Waals surface area contributed by atoms with Crippen molar-refractivity contribution in [1.82, 2.24) is 24.1 Å². The van der Waals surface area contributed by atoms with Crippen LogP contribution in [-0.4, -0.2) is 51.5 Å². The minimum Gasteiger partial charge on any atom is -0.302 e. The van der Waals surface area contributed by atoms with Gasteiger partial charge in [0.15, 0.2) is 5.13 Å². The van der Waals surface area contributed by atoms with Crippen LogP contribution in [-0.2, 0) is 27.7 Å². The summed E-state index contributed by atoms with van der Waals surface area (Å²) >= 11 is 1.47. The van der Waals surface area contributed by atoms with Gasteiger partial charge in [0, 0.05) is 43.5 Å². The molecular formula is C26H26N6O3S2. The Hall–Kier alpha value is -3.41. The van der Waals surface area contributed by atoms with E-state index >= 15 is 0 Å². The van der Waals surface area contributed by atoms with E-state index in [1.807, 2.05) is 24.4 Å². The molecular weight excluding hydrogens is 508 g/mol. The summed E-state index contributed by atoms with van der Waals surface area (Å²) in [4.78, 5) is 22.0. The molecule has 0 unspecified atom stereocenters. The largest absolute Gasteiger partial charge is 0.302 e. The quantitative estimate of drug-likeness (QED) is 0.412. The number of nitrogens with zero attached hydrogens (tertiary/aromatic N) is 5. The minimum absolute atomic E-state index is 0.0404. The Kier molecular flexibility index (Phi) is 6.13. The Balaban J connectivity index is 1.36. The average Bonchev–Trinajstić information content (AvgIpc) is 3.50. The molecule has 1 aliphatic carbocycles. The Bertz CT molecular complexity index is 1560. The van der Waals surface area contributed by atoms with Gasteiger partial charge in [-0.1, -0.05) is 29.5 Å². The molecule has 1 amide bonds. The summed E-state index contributed by atoms with van der Waals surface area (Å²) in [5, 5.41) is 8.51. The van der Waals surface area contributed by atoms with Gasteiger partial charge in [0.2, 0.25) is 15.9 Å². The van der Waals surface area contributed by atoms with Crippen molar-refractivity contribution in [3.05, 3.63) is 66.1 Å². The maximum absolute atomic E-state index is 13.2. The molecule has 1 aliphatic heterocycles. The van der Waals surface area contributed by atoms with E-state index in [1.165, 1.54) is 18.3 Å². The topological polar surface area (TPSA) is 110 Å². The first-order valence-corrected chi connectivity index (χ1v) is 14.5. The number of sulfonamides is 1. The maximum Gasteiger partial charge on any atom is 0.243 e. The zero-order valence-corrected chi connectivity index (χ0v) is 21.9. The van der Waals surface area contributed by atoms with Crippen molar-refractivity contribution in [1.29, 1.82) is 0 Å². The van der Waals surface area contributed by atoms with E-state index in [2.05, 4.69) is 20.0 Å². The Morgan fingerprint density at radius 1 is 1.08 bits per heavy atom. The number of thiazole rings is 1. The molecule has 0 radical (unpaired) electrons. The molecule has 4 aromatic rings. The Morgan fingerprint density at radius 2 is 1.86 bits per heavy atom. The SMILES string of the molecule is CC(=O)Nc1nc2c(s1)-c1c(c(-c3cccnc3)nn1C1CCN(S(=O)(=O)c3ccccc3)CC1)CC2. The fraction of sp³-hybridized carbons (Fsp3) is 0.308. The first-order valence-electron chi connectivity index (χ1n) is 12.3. The molecule has 11 heteroatoms. The number of anilines is 1. The number of fused-ring (bicyclic) bond motifs is 3. The van der Waals surface area contributed by atoms with Crippen LogP contribution in [0.15, 0.2) is 59.8 Å². The second kappa shape index (κ2) is 9.47. The molecule has 0 bridgehead atoms. The molecule has 1 fully saturated rings. The standard InChI is InChI=1S/C26H26N6O3S2/c1-17(33)28-26-29-22-10-9-21-23(18-6-5-13-27-16-18)30-32(24(21)25(22)36-26)19-11-14-31(15-12-19)37(34,35)20-7-3-2-4-8-20/h2-8,13,16,19H,9-12,14-15H2,1H3,(H,28,29,33). The lowest BCUT2D eigenvalue weighted by molar-refractivity contribution is -0.114. The number of carbonyl (C=O) groups excluding carboxylic acids is 1. The summed E-state index contributed by atoms with van der Waals surface area (Å²) in [6, 6.07) is 12.6. The number of hydrogen-bond acceptors (Lipinski definition) is 7.